The lowest BCUT2D eigenvalue weighted by molar-refractivity contribution is -0.137. The summed E-state index contributed by atoms with van der Waals surface area (Å²) in [7, 11) is 0. The molecule has 1 aromatic carbocycles. The van der Waals surface area contributed by atoms with Gasteiger partial charge in [-0.15, -0.1) is 0 Å². The number of carbonyl (C=O) groups is 2. The highest BCUT2D eigenvalue weighted by Gasteiger charge is 2.37. The maximum absolute atomic E-state index is 13.9. The smallest absolute Gasteiger partial charge is 0.261 e. The number of hydrogen-bond donors (Lipinski definition) is 0. The molecule has 2 aromatic rings. The van der Waals surface area contributed by atoms with E-state index >= 15 is 0 Å². The van der Waals surface area contributed by atoms with Crippen LogP contribution in [0.1, 0.15) is 55.2 Å². The molecule has 2 aliphatic heterocycles. The molecule has 168 valence electrons. The van der Waals surface area contributed by atoms with E-state index in [-0.39, 0.29) is 30.2 Å². The molecule has 1 unspecified atom stereocenters. The average molecular weight is 439 g/mol. The van der Waals surface area contributed by atoms with Crippen LogP contribution in [0.15, 0.2) is 24.3 Å². The van der Waals surface area contributed by atoms with Crippen LogP contribution in [0.3, 0.4) is 0 Å². The number of benzene rings is 1. The second-order valence-electron chi connectivity index (χ2n) is 8.91. The Hall–Kier alpha value is -3.03. The molecule has 3 aliphatic rings. The number of aromatic nitrogens is 2. The number of hydrogen-bond acceptors (Lipinski definition) is 5. The van der Waals surface area contributed by atoms with Crippen LogP contribution in [-0.2, 0) is 16.0 Å². The second-order valence-corrected chi connectivity index (χ2v) is 8.91. The summed E-state index contributed by atoms with van der Waals surface area (Å²) in [5, 5.41) is 0. The predicted molar refractivity (Wildman–Crippen MR) is 116 cm³/mol. The highest BCUT2D eigenvalue weighted by molar-refractivity contribution is 6.00. The number of amides is 2. The first-order valence-electron chi connectivity index (χ1n) is 11.4. The monoisotopic (exact) mass is 438 g/mol. The summed E-state index contributed by atoms with van der Waals surface area (Å²) in [6.45, 7) is 2.96. The standard InChI is InChI=1S/C24H27FN4O3/c1-15-17-12-21(30)29(13-16-9-10-16)24(17)27-23(26-15)19-7-4-5-11-28(19)22(31)14-32-20-8-3-2-6-18(20)25/h2-3,6,8,16,19H,4-5,7,9-14H2,1H3. The summed E-state index contributed by atoms with van der Waals surface area (Å²) in [6, 6.07) is 5.79. The molecule has 32 heavy (non-hydrogen) atoms. The summed E-state index contributed by atoms with van der Waals surface area (Å²) in [5.74, 6) is 1.29. The van der Waals surface area contributed by atoms with Crippen LogP contribution in [0.5, 0.6) is 5.75 Å². The zero-order chi connectivity index (χ0) is 22.2. The number of ether oxygens (including phenoxy) is 1. The minimum absolute atomic E-state index is 0.0632. The lowest BCUT2D eigenvalue weighted by Crippen LogP contribution is -2.42. The molecule has 1 aliphatic carbocycles. The van der Waals surface area contributed by atoms with E-state index in [0.717, 1.165) is 43.4 Å². The van der Waals surface area contributed by atoms with Crippen LogP contribution < -0.4 is 9.64 Å². The van der Waals surface area contributed by atoms with Crippen molar-refractivity contribution < 1.29 is 18.7 Å². The third-order valence-electron chi connectivity index (χ3n) is 6.54. The molecule has 5 rings (SSSR count). The van der Waals surface area contributed by atoms with Crippen molar-refractivity contribution >= 4 is 17.6 Å². The Balaban J connectivity index is 1.37. The molecule has 7 nitrogen and oxygen atoms in total. The van der Waals surface area contributed by atoms with Gasteiger partial charge in [0.05, 0.1) is 12.5 Å². The van der Waals surface area contributed by atoms with Crippen LogP contribution in [0, 0.1) is 18.7 Å². The number of rotatable bonds is 6. The van der Waals surface area contributed by atoms with E-state index in [1.165, 1.54) is 12.1 Å². The number of fused-ring (bicyclic) bond motifs is 1. The molecule has 0 spiro atoms. The van der Waals surface area contributed by atoms with Crippen molar-refractivity contribution in [3.8, 4) is 5.75 Å². The fourth-order valence-electron chi connectivity index (χ4n) is 4.58. The molecule has 0 N–H and O–H groups in total. The molecular formula is C24H27FN4O3. The first-order valence-corrected chi connectivity index (χ1v) is 11.4. The van der Waals surface area contributed by atoms with Gasteiger partial charge in [-0.25, -0.2) is 14.4 Å². The third kappa shape index (κ3) is 4.06. The Morgan fingerprint density at radius 3 is 2.78 bits per heavy atom. The number of piperidine rings is 1. The minimum Gasteiger partial charge on any atom is -0.481 e. The Labute approximate surface area is 186 Å². The molecule has 2 fully saturated rings. The number of likely N-dealkylation sites (tertiary alicyclic amines) is 1. The SMILES string of the molecule is Cc1nc(C2CCCCN2C(=O)COc2ccccc2F)nc2c1CC(=O)N2CC1CC1. The topological polar surface area (TPSA) is 75.6 Å². The van der Waals surface area contributed by atoms with E-state index in [1.807, 2.05) is 11.8 Å². The van der Waals surface area contributed by atoms with Gasteiger partial charge < -0.3 is 9.64 Å². The van der Waals surface area contributed by atoms with E-state index < -0.39 is 5.82 Å². The lowest BCUT2D eigenvalue weighted by atomic mass is 10.0. The van der Waals surface area contributed by atoms with Crippen LogP contribution >= 0.6 is 0 Å². The molecule has 1 atom stereocenters. The van der Waals surface area contributed by atoms with Crippen molar-refractivity contribution in [2.45, 2.75) is 51.5 Å². The molecular weight excluding hydrogens is 411 g/mol. The summed E-state index contributed by atoms with van der Waals surface area (Å²) in [5.41, 5.74) is 1.70. The maximum atomic E-state index is 13.9. The predicted octanol–water partition coefficient (Wildman–Crippen LogP) is 3.36. The van der Waals surface area contributed by atoms with E-state index in [4.69, 9.17) is 14.7 Å². The van der Waals surface area contributed by atoms with Crippen molar-refractivity contribution in [3.63, 3.8) is 0 Å². The van der Waals surface area contributed by atoms with Crippen LogP contribution in [0.2, 0.25) is 0 Å². The molecule has 1 saturated carbocycles. The Morgan fingerprint density at radius 1 is 1.19 bits per heavy atom. The van der Waals surface area contributed by atoms with Gasteiger partial charge in [0, 0.05) is 24.3 Å². The number of halogens is 1. The highest BCUT2D eigenvalue weighted by atomic mass is 19.1. The summed E-state index contributed by atoms with van der Waals surface area (Å²) >= 11 is 0. The van der Waals surface area contributed by atoms with Crippen molar-refractivity contribution in [1.82, 2.24) is 14.9 Å². The van der Waals surface area contributed by atoms with Gasteiger partial charge in [-0.1, -0.05) is 12.1 Å². The summed E-state index contributed by atoms with van der Waals surface area (Å²) in [4.78, 5) is 38.7. The van der Waals surface area contributed by atoms with Gasteiger partial charge in [0.25, 0.3) is 5.91 Å². The van der Waals surface area contributed by atoms with Crippen molar-refractivity contribution in [2.75, 3.05) is 24.6 Å². The first-order chi connectivity index (χ1) is 15.5. The quantitative estimate of drug-likeness (QED) is 0.691. The van der Waals surface area contributed by atoms with E-state index in [2.05, 4.69) is 0 Å². The Morgan fingerprint density at radius 2 is 2.00 bits per heavy atom. The van der Waals surface area contributed by atoms with E-state index in [1.54, 1.807) is 17.0 Å². The highest BCUT2D eigenvalue weighted by Crippen LogP contribution is 2.37. The zero-order valence-corrected chi connectivity index (χ0v) is 18.2. The van der Waals surface area contributed by atoms with Crippen LogP contribution in [0.4, 0.5) is 10.2 Å². The van der Waals surface area contributed by atoms with E-state index in [0.29, 0.717) is 37.1 Å². The normalized spacial score (nSPS) is 20.4. The molecule has 3 heterocycles. The largest absolute Gasteiger partial charge is 0.481 e. The van der Waals surface area contributed by atoms with Gasteiger partial charge in [-0.3, -0.25) is 14.5 Å². The average Bonchev–Trinajstić information content (AvgIpc) is 3.56. The maximum Gasteiger partial charge on any atom is 0.261 e. The van der Waals surface area contributed by atoms with Gasteiger partial charge in [0.15, 0.2) is 24.0 Å². The number of anilines is 1. The molecule has 1 saturated heterocycles. The fourth-order valence-corrected chi connectivity index (χ4v) is 4.58. The summed E-state index contributed by atoms with van der Waals surface area (Å²) in [6.07, 6.45) is 5.26. The molecule has 1 aromatic heterocycles. The van der Waals surface area contributed by atoms with Gasteiger partial charge >= 0.3 is 0 Å². The fraction of sp³-hybridized carbons (Fsp3) is 0.500. The van der Waals surface area contributed by atoms with Crippen molar-refractivity contribution in [3.05, 3.63) is 47.2 Å². The first kappa shape index (κ1) is 20.8. The lowest BCUT2D eigenvalue weighted by Gasteiger charge is -2.35. The van der Waals surface area contributed by atoms with Gasteiger partial charge in [-0.05, 0) is 57.1 Å². The van der Waals surface area contributed by atoms with Crippen LogP contribution in [0.25, 0.3) is 0 Å². The number of para-hydroxylation sites is 1. The second kappa shape index (κ2) is 8.48. The Kier molecular flexibility index (Phi) is 5.53. The summed E-state index contributed by atoms with van der Waals surface area (Å²) < 4.78 is 19.3. The van der Waals surface area contributed by atoms with Gasteiger partial charge in [0.1, 0.15) is 5.82 Å². The minimum atomic E-state index is -0.492. The molecule has 0 radical (unpaired) electrons. The molecule has 0 bridgehead atoms. The van der Waals surface area contributed by atoms with Crippen LogP contribution in [-0.4, -0.2) is 46.4 Å². The number of carbonyl (C=O) groups excluding carboxylic acids is 2. The molecule has 2 amide bonds. The number of aryl methyl sites for hydroxylation is 1. The van der Waals surface area contributed by atoms with Crippen molar-refractivity contribution in [1.29, 1.82) is 0 Å². The Bertz CT molecular complexity index is 1060. The third-order valence-corrected chi connectivity index (χ3v) is 6.54. The van der Waals surface area contributed by atoms with E-state index in [9.17, 15) is 14.0 Å². The van der Waals surface area contributed by atoms with Gasteiger partial charge in [-0.2, -0.15) is 0 Å². The number of nitrogens with zero attached hydrogens (tertiary/aromatic N) is 4. The molecule has 8 heteroatoms. The van der Waals surface area contributed by atoms with Crippen molar-refractivity contribution in [2.24, 2.45) is 5.92 Å². The zero-order valence-electron chi connectivity index (χ0n) is 18.2. The van der Waals surface area contributed by atoms with Gasteiger partial charge in [0.2, 0.25) is 5.91 Å².